The number of carbonyl (C=O) groups is 1. The molecule has 1 aliphatic heterocycles. The maximum atomic E-state index is 11.3. The van der Waals surface area contributed by atoms with Gasteiger partial charge in [0, 0.05) is 12.1 Å². The van der Waals surface area contributed by atoms with Gasteiger partial charge < -0.3 is 4.42 Å². The number of rotatable bonds is 3. The normalized spacial score (nSPS) is 25.1. The van der Waals surface area contributed by atoms with E-state index in [0.29, 0.717) is 12.1 Å². The van der Waals surface area contributed by atoms with Crippen molar-refractivity contribution in [2.45, 2.75) is 51.7 Å². The zero-order chi connectivity index (χ0) is 13.1. The number of carbonyl (C=O) groups excluding carboxylic acids is 1. The average molecular weight is 251 g/mol. The minimum atomic E-state index is -0.388. The van der Waals surface area contributed by atoms with Gasteiger partial charge in [0.1, 0.15) is 5.76 Å². The Balaban J connectivity index is 2.04. The van der Waals surface area contributed by atoms with E-state index in [1.165, 1.54) is 19.3 Å². The molecule has 1 saturated heterocycles. The highest BCUT2D eigenvalue weighted by Crippen LogP contribution is 2.25. The number of hydrogen-bond acceptors (Lipinski definition) is 4. The van der Waals surface area contributed by atoms with Crippen LogP contribution in [0.15, 0.2) is 16.5 Å². The largest absolute Gasteiger partial charge is 0.455 e. The maximum Gasteiger partial charge on any atom is 0.300 e. The Kier molecular flexibility index (Phi) is 4.04. The van der Waals surface area contributed by atoms with Crippen molar-refractivity contribution in [1.29, 1.82) is 0 Å². The van der Waals surface area contributed by atoms with Gasteiger partial charge in [-0.25, -0.2) is 5.84 Å². The summed E-state index contributed by atoms with van der Waals surface area (Å²) >= 11 is 0. The number of amides is 1. The van der Waals surface area contributed by atoms with Crippen LogP contribution < -0.4 is 11.3 Å². The van der Waals surface area contributed by atoms with E-state index < -0.39 is 0 Å². The lowest BCUT2D eigenvalue weighted by molar-refractivity contribution is 0.0838. The smallest absolute Gasteiger partial charge is 0.300 e. The highest BCUT2D eigenvalue weighted by Gasteiger charge is 2.25. The Bertz CT molecular complexity index is 406. The monoisotopic (exact) mass is 251 g/mol. The van der Waals surface area contributed by atoms with E-state index >= 15 is 0 Å². The summed E-state index contributed by atoms with van der Waals surface area (Å²) in [6, 6.07) is 4.63. The molecule has 0 radical (unpaired) electrons. The molecule has 2 atom stereocenters. The second kappa shape index (κ2) is 5.54. The fourth-order valence-corrected chi connectivity index (χ4v) is 2.62. The number of hydrogen-bond donors (Lipinski definition) is 2. The van der Waals surface area contributed by atoms with E-state index in [2.05, 4.69) is 24.2 Å². The molecule has 5 heteroatoms. The molecule has 1 fully saturated rings. The summed E-state index contributed by atoms with van der Waals surface area (Å²) in [6.07, 6.45) is 3.74. The van der Waals surface area contributed by atoms with Gasteiger partial charge in [-0.15, -0.1) is 0 Å². The lowest BCUT2D eigenvalue weighted by Gasteiger charge is -2.38. The Labute approximate surface area is 107 Å². The van der Waals surface area contributed by atoms with Gasteiger partial charge in [-0.2, -0.15) is 0 Å². The van der Waals surface area contributed by atoms with E-state index in [4.69, 9.17) is 10.3 Å². The number of nitrogens with one attached hydrogen (secondary N) is 1. The van der Waals surface area contributed by atoms with Crippen LogP contribution in [0.3, 0.4) is 0 Å². The van der Waals surface area contributed by atoms with Gasteiger partial charge in [-0.3, -0.25) is 15.1 Å². The van der Waals surface area contributed by atoms with Crippen LogP contribution in [0.25, 0.3) is 0 Å². The number of nitrogen functional groups attached to an aromatic ring is 1. The molecule has 2 heterocycles. The molecule has 18 heavy (non-hydrogen) atoms. The summed E-state index contributed by atoms with van der Waals surface area (Å²) in [5.74, 6) is 5.77. The van der Waals surface area contributed by atoms with Crippen molar-refractivity contribution in [2.75, 3.05) is 0 Å². The summed E-state index contributed by atoms with van der Waals surface area (Å²) in [5.41, 5.74) is 2.07. The van der Waals surface area contributed by atoms with E-state index in [1.807, 2.05) is 6.07 Å². The predicted octanol–water partition coefficient (Wildman–Crippen LogP) is 1.65. The molecule has 2 rings (SSSR count). The number of piperidine rings is 1. The van der Waals surface area contributed by atoms with Crippen LogP contribution in [0.4, 0.5) is 0 Å². The Morgan fingerprint density at radius 1 is 1.44 bits per heavy atom. The third-order valence-electron chi connectivity index (χ3n) is 3.73. The van der Waals surface area contributed by atoms with Gasteiger partial charge in [-0.1, -0.05) is 6.42 Å². The van der Waals surface area contributed by atoms with Crippen LogP contribution in [0.5, 0.6) is 0 Å². The van der Waals surface area contributed by atoms with Crippen LogP contribution in [0.2, 0.25) is 0 Å². The molecule has 100 valence electrons. The Hall–Kier alpha value is -1.33. The molecule has 1 aliphatic rings. The van der Waals surface area contributed by atoms with E-state index in [9.17, 15) is 4.79 Å². The molecule has 0 saturated carbocycles. The van der Waals surface area contributed by atoms with Gasteiger partial charge in [-0.05, 0) is 38.8 Å². The minimum absolute atomic E-state index is 0.268. The van der Waals surface area contributed by atoms with Crippen molar-refractivity contribution in [3.05, 3.63) is 23.7 Å². The molecule has 1 amide bonds. The minimum Gasteiger partial charge on any atom is -0.455 e. The number of likely N-dealkylation sites (tertiary alicyclic amines) is 1. The van der Waals surface area contributed by atoms with Crippen molar-refractivity contribution in [3.63, 3.8) is 0 Å². The van der Waals surface area contributed by atoms with Gasteiger partial charge in [0.2, 0.25) is 0 Å². The van der Waals surface area contributed by atoms with Crippen molar-refractivity contribution in [2.24, 2.45) is 5.84 Å². The van der Waals surface area contributed by atoms with Gasteiger partial charge in [0.15, 0.2) is 5.76 Å². The first-order chi connectivity index (χ1) is 8.61. The number of furan rings is 1. The summed E-state index contributed by atoms with van der Waals surface area (Å²) in [4.78, 5) is 13.7. The molecule has 0 spiro atoms. The third-order valence-corrected chi connectivity index (χ3v) is 3.73. The van der Waals surface area contributed by atoms with Crippen molar-refractivity contribution in [1.82, 2.24) is 10.3 Å². The molecule has 2 unspecified atom stereocenters. The Morgan fingerprint density at radius 3 is 2.72 bits per heavy atom. The zero-order valence-corrected chi connectivity index (χ0v) is 11.0. The van der Waals surface area contributed by atoms with Gasteiger partial charge in [0.05, 0.1) is 6.54 Å². The second-order valence-corrected chi connectivity index (χ2v) is 5.04. The average Bonchev–Trinajstić information content (AvgIpc) is 2.81. The molecular formula is C13H21N3O2. The standard InChI is InChI=1S/C13H21N3O2/c1-9-4-3-5-10(2)16(9)8-11-6-7-12(18-11)13(17)15-14/h6-7,9-10H,3-5,8,14H2,1-2H3,(H,15,17). The maximum absolute atomic E-state index is 11.3. The van der Waals surface area contributed by atoms with Crippen LogP contribution in [0, 0.1) is 0 Å². The molecule has 5 nitrogen and oxygen atoms in total. The SMILES string of the molecule is CC1CCCC(C)N1Cc1ccc(C(=O)NN)o1. The first-order valence-corrected chi connectivity index (χ1v) is 6.47. The summed E-state index contributed by atoms with van der Waals surface area (Å²) < 4.78 is 5.50. The third kappa shape index (κ3) is 2.73. The van der Waals surface area contributed by atoms with Gasteiger partial charge >= 0.3 is 5.91 Å². The lowest BCUT2D eigenvalue weighted by atomic mass is 9.97. The summed E-state index contributed by atoms with van der Waals surface area (Å²) in [6.45, 7) is 5.23. The number of nitrogens with two attached hydrogens (primary N) is 1. The molecular weight excluding hydrogens is 230 g/mol. The van der Waals surface area contributed by atoms with Crippen LogP contribution in [-0.2, 0) is 6.54 Å². The van der Waals surface area contributed by atoms with E-state index in [0.717, 1.165) is 12.3 Å². The first-order valence-electron chi connectivity index (χ1n) is 6.47. The number of hydrazine groups is 1. The number of nitrogens with zero attached hydrogens (tertiary/aromatic N) is 1. The van der Waals surface area contributed by atoms with Crippen molar-refractivity contribution < 1.29 is 9.21 Å². The van der Waals surface area contributed by atoms with Crippen molar-refractivity contribution >= 4 is 5.91 Å². The molecule has 3 N–H and O–H groups in total. The summed E-state index contributed by atoms with van der Waals surface area (Å²) in [7, 11) is 0. The summed E-state index contributed by atoms with van der Waals surface area (Å²) in [5, 5.41) is 0. The topological polar surface area (TPSA) is 71.5 Å². The van der Waals surface area contributed by atoms with Gasteiger partial charge in [0.25, 0.3) is 0 Å². The molecule has 0 aliphatic carbocycles. The van der Waals surface area contributed by atoms with Crippen molar-refractivity contribution in [3.8, 4) is 0 Å². The highest BCUT2D eigenvalue weighted by atomic mass is 16.4. The predicted molar refractivity (Wildman–Crippen MR) is 68.7 cm³/mol. The zero-order valence-electron chi connectivity index (χ0n) is 11.0. The van der Waals surface area contributed by atoms with Crippen LogP contribution in [-0.4, -0.2) is 22.9 Å². The fourth-order valence-electron chi connectivity index (χ4n) is 2.62. The molecule has 1 aromatic rings. The highest BCUT2D eigenvalue weighted by molar-refractivity contribution is 5.90. The fraction of sp³-hybridized carbons (Fsp3) is 0.615. The first kappa shape index (κ1) is 13.1. The van der Waals surface area contributed by atoms with Crippen LogP contribution >= 0.6 is 0 Å². The van der Waals surface area contributed by atoms with Crippen LogP contribution in [0.1, 0.15) is 49.4 Å². The Morgan fingerprint density at radius 2 is 2.11 bits per heavy atom. The molecule has 1 aromatic heterocycles. The molecule has 0 aromatic carbocycles. The lowest BCUT2D eigenvalue weighted by Crippen LogP contribution is -2.42. The second-order valence-electron chi connectivity index (χ2n) is 5.04. The van der Waals surface area contributed by atoms with E-state index in [1.54, 1.807) is 6.07 Å². The quantitative estimate of drug-likeness (QED) is 0.487. The molecule has 0 bridgehead atoms. The van der Waals surface area contributed by atoms with E-state index in [-0.39, 0.29) is 11.7 Å².